The van der Waals surface area contributed by atoms with Crippen molar-refractivity contribution in [3.8, 4) is 5.75 Å². The summed E-state index contributed by atoms with van der Waals surface area (Å²) in [4.78, 5) is 29.2. The normalized spacial score (nSPS) is 19.7. The van der Waals surface area contributed by atoms with Crippen LogP contribution in [0.4, 0.5) is 15.8 Å². The molecule has 3 aromatic carbocycles. The molecule has 1 atom stereocenters. The lowest BCUT2D eigenvalue weighted by Crippen LogP contribution is -2.49. The molecule has 7 heteroatoms. The number of nitrogens with zero attached hydrogens (tertiary/aromatic N) is 2. The Morgan fingerprint density at radius 2 is 1.72 bits per heavy atom. The Balaban J connectivity index is 1.58. The number of fused-ring (bicyclic) bond motifs is 2. The van der Waals surface area contributed by atoms with Crippen LogP contribution in [0.15, 0.2) is 72.8 Å². The molecule has 0 N–H and O–H groups in total. The molecule has 2 amide bonds. The Bertz CT molecular complexity index is 1180. The molecule has 3 aromatic rings. The maximum atomic E-state index is 14.0. The van der Waals surface area contributed by atoms with Gasteiger partial charge in [0.2, 0.25) is 10.8 Å². The fourth-order valence-electron chi connectivity index (χ4n) is 4.34. The zero-order chi connectivity index (χ0) is 22.3. The molecule has 2 heterocycles. The highest BCUT2D eigenvalue weighted by atomic mass is 32.2. The van der Waals surface area contributed by atoms with Gasteiger partial charge < -0.3 is 9.64 Å². The van der Waals surface area contributed by atoms with E-state index in [0.29, 0.717) is 24.6 Å². The number of rotatable bonds is 5. The van der Waals surface area contributed by atoms with Crippen molar-refractivity contribution in [1.29, 1.82) is 0 Å². The monoisotopic (exact) mass is 448 g/mol. The Labute approximate surface area is 189 Å². The van der Waals surface area contributed by atoms with Gasteiger partial charge in [0.05, 0.1) is 24.6 Å². The van der Waals surface area contributed by atoms with Gasteiger partial charge in [-0.2, -0.15) is 0 Å². The summed E-state index contributed by atoms with van der Waals surface area (Å²) in [7, 11) is 0. The number of benzene rings is 3. The van der Waals surface area contributed by atoms with Crippen molar-refractivity contribution in [2.24, 2.45) is 0 Å². The number of halogens is 1. The summed E-state index contributed by atoms with van der Waals surface area (Å²) in [6.07, 6.45) is 0. The summed E-state index contributed by atoms with van der Waals surface area (Å²) in [5, 5.41) is 0. The smallest absolute Gasteiger partial charge is 0.269 e. The number of anilines is 2. The highest BCUT2D eigenvalue weighted by Crippen LogP contribution is 2.56. The number of hydrogen-bond donors (Lipinski definition) is 0. The molecule has 162 valence electrons. The summed E-state index contributed by atoms with van der Waals surface area (Å²) in [6.45, 7) is 2.75. The molecule has 0 aromatic heterocycles. The first kappa shape index (κ1) is 20.6. The van der Waals surface area contributed by atoms with E-state index in [-0.39, 0.29) is 23.4 Å². The van der Waals surface area contributed by atoms with Gasteiger partial charge in [-0.25, -0.2) is 4.39 Å². The summed E-state index contributed by atoms with van der Waals surface area (Å²) in [5.41, 5.74) is 3.01. The maximum absolute atomic E-state index is 14.0. The number of carbonyl (C=O) groups is 2. The lowest BCUT2D eigenvalue weighted by Gasteiger charge is -2.33. The predicted molar refractivity (Wildman–Crippen MR) is 123 cm³/mol. The number of para-hydroxylation sites is 1. The van der Waals surface area contributed by atoms with Crippen LogP contribution in [-0.2, 0) is 21.0 Å². The van der Waals surface area contributed by atoms with Crippen molar-refractivity contribution < 1.29 is 18.7 Å². The van der Waals surface area contributed by atoms with Gasteiger partial charge in [0.15, 0.2) is 0 Å². The van der Waals surface area contributed by atoms with Gasteiger partial charge in [-0.1, -0.05) is 30.3 Å². The molecule has 0 aliphatic carbocycles. The second kappa shape index (κ2) is 7.98. The van der Waals surface area contributed by atoms with Crippen LogP contribution in [0.5, 0.6) is 5.75 Å². The van der Waals surface area contributed by atoms with Gasteiger partial charge in [0, 0.05) is 11.3 Å². The van der Waals surface area contributed by atoms with E-state index in [1.807, 2.05) is 55.5 Å². The minimum Gasteiger partial charge on any atom is -0.494 e. The molecule has 0 radical (unpaired) electrons. The summed E-state index contributed by atoms with van der Waals surface area (Å²) >= 11 is 1.34. The average Bonchev–Trinajstić information content (AvgIpc) is 3.27. The second-order valence-electron chi connectivity index (χ2n) is 7.62. The van der Waals surface area contributed by atoms with Crippen molar-refractivity contribution in [1.82, 2.24) is 0 Å². The molecular weight excluding hydrogens is 427 g/mol. The van der Waals surface area contributed by atoms with E-state index >= 15 is 0 Å². The minimum atomic E-state index is -1.17. The van der Waals surface area contributed by atoms with E-state index < -0.39 is 4.87 Å². The first-order chi connectivity index (χ1) is 15.5. The van der Waals surface area contributed by atoms with Crippen LogP contribution in [0.3, 0.4) is 0 Å². The molecule has 1 saturated heterocycles. The van der Waals surface area contributed by atoms with E-state index in [1.54, 1.807) is 21.9 Å². The number of hydrogen-bond acceptors (Lipinski definition) is 4. The molecule has 0 bridgehead atoms. The third kappa shape index (κ3) is 3.15. The third-order valence-electron chi connectivity index (χ3n) is 5.72. The molecule has 0 unspecified atom stereocenters. The summed E-state index contributed by atoms with van der Waals surface area (Å²) in [5.74, 6) is 0.300. The van der Waals surface area contributed by atoms with E-state index in [9.17, 15) is 14.0 Å². The van der Waals surface area contributed by atoms with Crippen molar-refractivity contribution >= 4 is 35.0 Å². The molecule has 2 aliphatic heterocycles. The van der Waals surface area contributed by atoms with Crippen molar-refractivity contribution in [2.45, 2.75) is 18.3 Å². The Hall–Kier alpha value is -3.32. The Morgan fingerprint density at radius 3 is 2.44 bits per heavy atom. The molecule has 1 spiro atoms. The lowest BCUT2D eigenvalue weighted by atomic mass is 10.0. The fraction of sp³-hybridized carbons (Fsp3) is 0.200. The first-order valence-corrected chi connectivity index (χ1v) is 11.4. The van der Waals surface area contributed by atoms with Gasteiger partial charge in [0.1, 0.15) is 11.6 Å². The largest absolute Gasteiger partial charge is 0.494 e. The molecule has 1 fully saturated rings. The van der Waals surface area contributed by atoms with Crippen LogP contribution in [0.25, 0.3) is 0 Å². The number of amides is 2. The zero-order valence-electron chi connectivity index (χ0n) is 17.5. The first-order valence-electron chi connectivity index (χ1n) is 10.4. The SMILES string of the molecule is CCOc1ccc(N2C(=O)CS[C@@]23C(=O)N(Cc2ccc(F)cc2)c2ccccc23)cc1. The number of carbonyl (C=O) groups excluding carboxylic acids is 2. The quantitative estimate of drug-likeness (QED) is 0.568. The molecule has 5 nitrogen and oxygen atoms in total. The highest BCUT2D eigenvalue weighted by Gasteiger charge is 2.60. The molecule has 5 rings (SSSR count). The van der Waals surface area contributed by atoms with Gasteiger partial charge >= 0.3 is 0 Å². The van der Waals surface area contributed by atoms with Gasteiger partial charge in [0.25, 0.3) is 5.91 Å². The molecule has 32 heavy (non-hydrogen) atoms. The summed E-state index contributed by atoms with van der Waals surface area (Å²) in [6, 6.07) is 20.9. The second-order valence-corrected chi connectivity index (χ2v) is 8.79. The fourth-order valence-corrected chi connectivity index (χ4v) is 5.70. The van der Waals surface area contributed by atoms with Gasteiger partial charge in [-0.15, -0.1) is 11.8 Å². The van der Waals surface area contributed by atoms with Crippen LogP contribution >= 0.6 is 11.8 Å². The number of ether oxygens (including phenoxy) is 1. The lowest BCUT2D eigenvalue weighted by molar-refractivity contribution is -0.123. The van der Waals surface area contributed by atoms with Crippen molar-refractivity contribution in [3.05, 3.63) is 89.7 Å². The predicted octanol–water partition coefficient (Wildman–Crippen LogP) is 4.70. The van der Waals surface area contributed by atoms with Crippen molar-refractivity contribution in [3.63, 3.8) is 0 Å². The van der Waals surface area contributed by atoms with Gasteiger partial charge in [-0.05, 0) is 55.0 Å². The summed E-state index contributed by atoms with van der Waals surface area (Å²) < 4.78 is 18.9. The van der Waals surface area contributed by atoms with E-state index in [0.717, 1.165) is 16.8 Å². The molecule has 0 saturated carbocycles. The molecular formula is C25H21FN2O3S. The Kier molecular flexibility index (Phi) is 5.13. The highest BCUT2D eigenvalue weighted by molar-refractivity contribution is 8.02. The average molecular weight is 449 g/mol. The number of thioether (sulfide) groups is 1. The van der Waals surface area contributed by atoms with Crippen LogP contribution in [0.2, 0.25) is 0 Å². The van der Waals surface area contributed by atoms with Crippen LogP contribution < -0.4 is 14.5 Å². The van der Waals surface area contributed by atoms with E-state index in [1.165, 1.54) is 23.9 Å². The van der Waals surface area contributed by atoms with Gasteiger partial charge in [-0.3, -0.25) is 14.5 Å². The zero-order valence-corrected chi connectivity index (χ0v) is 18.3. The van der Waals surface area contributed by atoms with Crippen LogP contribution in [-0.4, -0.2) is 24.2 Å². The standard InChI is InChI=1S/C25H21FN2O3S/c1-2-31-20-13-11-19(12-14-20)28-23(29)16-32-25(28)21-5-3-4-6-22(21)27(24(25)30)15-17-7-9-18(26)10-8-17/h3-14H,2,15-16H2,1H3/t25-/m0/s1. The molecule has 2 aliphatic rings. The van der Waals surface area contributed by atoms with Crippen LogP contribution in [0, 0.1) is 5.82 Å². The van der Waals surface area contributed by atoms with E-state index in [2.05, 4.69) is 0 Å². The van der Waals surface area contributed by atoms with Crippen molar-refractivity contribution in [2.75, 3.05) is 22.2 Å². The topological polar surface area (TPSA) is 49.9 Å². The van der Waals surface area contributed by atoms with E-state index in [4.69, 9.17) is 4.74 Å². The van der Waals surface area contributed by atoms with Crippen LogP contribution in [0.1, 0.15) is 18.1 Å². The minimum absolute atomic E-state index is 0.119. The Morgan fingerprint density at radius 1 is 1.00 bits per heavy atom. The third-order valence-corrected chi connectivity index (χ3v) is 7.11. The maximum Gasteiger partial charge on any atom is 0.269 e.